The van der Waals surface area contributed by atoms with E-state index in [9.17, 15) is 0 Å². The standard InChI is InChI=1S/C17H17ClN2/c1-11-8-13(3)16(14(4)9-11)19-10-20-17-12(2)6-5-7-15(17)18/h5-9H,1-4H3. The van der Waals surface area contributed by atoms with E-state index in [-0.39, 0.29) is 0 Å². The van der Waals surface area contributed by atoms with E-state index in [1.54, 1.807) is 0 Å². The van der Waals surface area contributed by atoms with Gasteiger partial charge in [0.25, 0.3) is 0 Å². The number of para-hydroxylation sites is 1. The molecule has 102 valence electrons. The Morgan fingerprint density at radius 1 is 0.850 bits per heavy atom. The number of halogens is 1. The summed E-state index contributed by atoms with van der Waals surface area (Å²) in [7, 11) is 0. The van der Waals surface area contributed by atoms with E-state index in [0.29, 0.717) is 5.02 Å². The lowest BCUT2D eigenvalue weighted by molar-refractivity contribution is 1.29. The Labute approximate surface area is 124 Å². The SMILES string of the molecule is Cc1cc(C)c(N=C=Nc2c(C)cccc2Cl)c(C)c1. The molecule has 0 bridgehead atoms. The maximum Gasteiger partial charge on any atom is 0.101 e. The van der Waals surface area contributed by atoms with Gasteiger partial charge in [-0.2, -0.15) is 9.98 Å². The Kier molecular flexibility index (Phi) is 4.39. The highest BCUT2D eigenvalue weighted by Crippen LogP contribution is 2.28. The Bertz CT molecular complexity index is 668. The first kappa shape index (κ1) is 14.5. The van der Waals surface area contributed by atoms with Gasteiger partial charge in [-0.1, -0.05) is 41.4 Å². The molecule has 0 aromatic heterocycles. The number of aryl methyl sites for hydroxylation is 4. The molecule has 0 N–H and O–H groups in total. The first-order valence-corrected chi connectivity index (χ1v) is 6.86. The Morgan fingerprint density at radius 2 is 1.45 bits per heavy atom. The molecule has 2 aromatic rings. The highest BCUT2D eigenvalue weighted by Gasteiger charge is 2.02. The van der Waals surface area contributed by atoms with Crippen molar-refractivity contribution >= 4 is 29.0 Å². The van der Waals surface area contributed by atoms with Gasteiger partial charge in [0.05, 0.1) is 16.4 Å². The third kappa shape index (κ3) is 3.16. The molecule has 2 rings (SSSR count). The van der Waals surface area contributed by atoms with Gasteiger partial charge in [0.2, 0.25) is 0 Å². The fourth-order valence-corrected chi connectivity index (χ4v) is 2.50. The molecule has 0 saturated carbocycles. The van der Waals surface area contributed by atoms with Gasteiger partial charge >= 0.3 is 0 Å². The van der Waals surface area contributed by atoms with Crippen LogP contribution in [0.1, 0.15) is 22.3 Å². The van der Waals surface area contributed by atoms with Crippen LogP contribution in [0.25, 0.3) is 0 Å². The third-order valence-corrected chi connectivity index (χ3v) is 3.45. The molecule has 0 saturated heterocycles. The zero-order valence-corrected chi connectivity index (χ0v) is 12.9. The molecule has 0 amide bonds. The van der Waals surface area contributed by atoms with Crippen LogP contribution in [0.2, 0.25) is 5.02 Å². The minimum absolute atomic E-state index is 0.616. The first-order valence-electron chi connectivity index (χ1n) is 6.48. The van der Waals surface area contributed by atoms with Gasteiger partial charge in [0.15, 0.2) is 0 Å². The number of nitrogens with zero attached hydrogens (tertiary/aromatic N) is 2. The molecular weight excluding hydrogens is 268 g/mol. The molecular formula is C17H17ClN2. The van der Waals surface area contributed by atoms with Crippen molar-refractivity contribution in [3.8, 4) is 0 Å². The molecule has 20 heavy (non-hydrogen) atoms. The van der Waals surface area contributed by atoms with Crippen molar-refractivity contribution < 1.29 is 0 Å². The van der Waals surface area contributed by atoms with Crippen molar-refractivity contribution in [3.05, 3.63) is 57.6 Å². The summed E-state index contributed by atoms with van der Waals surface area (Å²) in [5, 5.41) is 0.616. The van der Waals surface area contributed by atoms with E-state index in [1.807, 2.05) is 39.0 Å². The largest absolute Gasteiger partial charge is 0.187 e. The van der Waals surface area contributed by atoms with E-state index in [0.717, 1.165) is 28.1 Å². The topological polar surface area (TPSA) is 24.7 Å². The molecule has 0 fully saturated rings. The van der Waals surface area contributed by atoms with Crippen LogP contribution in [0.15, 0.2) is 40.3 Å². The molecule has 0 heterocycles. The van der Waals surface area contributed by atoms with Crippen LogP contribution in [0.4, 0.5) is 11.4 Å². The fourth-order valence-electron chi connectivity index (χ4n) is 2.24. The summed E-state index contributed by atoms with van der Waals surface area (Å²) in [5.74, 6) is 0. The summed E-state index contributed by atoms with van der Waals surface area (Å²) < 4.78 is 0. The lowest BCUT2D eigenvalue weighted by Gasteiger charge is -2.04. The van der Waals surface area contributed by atoms with Gasteiger partial charge in [-0.3, -0.25) is 0 Å². The van der Waals surface area contributed by atoms with Crippen molar-refractivity contribution in [1.29, 1.82) is 0 Å². The number of benzene rings is 2. The van der Waals surface area contributed by atoms with Gasteiger partial charge in [-0.15, -0.1) is 0 Å². The van der Waals surface area contributed by atoms with Gasteiger partial charge in [0.1, 0.15) is 6.01 Å². The molecule has 0 atom stereocenters. The molecule has 0 aliphatic carbocycles. The van der Waals surface area contributed by atoms with E-state index in [4.69, 9.17) is 11.6 Å². The first-order chi connectivity index (χ1) is 9.49. The molecule has 0 aliphatic heterocycles. The van der Waals surface area contributed by atoms with Gasteiger partial charge < -0.3 is 0 Å². The summed E-state index contributed by atoms with van der Waals surface area (Å²) >= 11 is 6.12. The highest BCUT2D eigenvalue weighted by molar-refractivity contribution is 6.33. The molecule has 0 spiro atoms. The number of rotatable bonds is 2. The van der Waals surface area contributed by atoms with Crippen LogP contribution >= 0.6 is 11.6 Å². The lowest BCUT2D eigenvalue weighted by atomic mass is 10.1. The zero-order chi connectivity index (χ0) is 14.7. The average molecular weight is 285 g/mol. The molecule has 2 nitrogen and oxygen atoms in total. The highest BCUT2D eigenvalue weighted by atomic mass is 35.5. The number of aliphatic imine (C=N–C) groups is 2. The predicted molar refractivity (Wildman–Crippen MR) is 86.0 cm³/mol. The summed E-state index contributed by atoms with van der Waals surface area (Å²) in [6, 6.07) is 12.7. The van der Waals surface area contributed by atoms with E-state index >= 15 is 0 Å². The molecule has 0 aliphatic rings. The average Bonchev–Trinajstić information content (AvgIpc) is 2.35. The van der Waals surface area contributed by atoms with Crippen LogP contribution < -0.4 is 0 Å². The number of hydrogen-bond donors (Lipinski definition) is 0. The van der Waals surface area contributed by atoms with Gasteiger partial charge in [-0.05, 0) is 50.5 Å². The Hall–Kier alpha value is -1.89. The normalized spacial score (nSPS) is 10.1. The summed E-state index contributed by atoms with van der Waals surface area (Å²) in [6.45, 7) is 8.13. The van der Waals surface area contributed by atoms with Crippen LogP contribution in [0.5, 0.6) is 0 Å². The van der Waals surface area contributed by atoms with E-state index < -0.39 is 0 Å². The second-order valence-corrected chi connectivity index (χ2v) is 5.38. The summed E-state index contributed by atoms with van der Waals surface area (Å²) in [6.07, 6.45) is 0. The third-order valence-electron chi connectivity index (χ3n) is 3.15. The fraction of sp³-hybridized carbons (Fsp3) is 0.235. The minimum atomic E-state index is 0.616. The summed E-state index contributed by atoms with van der Waals surface area (Å²) in [4.78, 5) is 8.61. The Balaban J connectivity index is 2.42. The number of hydrogen-bond acceptors (Lipinski definition) is 2. The molecule has 0 unspecified atom stereocenters. The summed E-state index contributed by atoms with van der Waals surface area (Å²) in [5.41, 5.74) is 6.14. The Morgan fingerprint density at radius 3 is 2.05 bits per heavy atom. The van der Waals surface area contributed by atoms with Crippen LogP contribution in [-0.4, -0.2) is 6.01 Å². The second kappa shape index (κ2) is 6.04. The van der Waals surface area contributed by atoms with Crippen LogP contribution in [0, 0.1) is 27.7 Å². The van der Waals surface area contributed by atoms with E-state index in [1.165, 1.54) is 5.56 Å². The lowest BCUT2D eigenvalue weighted by Crippen LogP contribution is -1.83. The van der Waals surface area contributed by atoms with Crippen molar-refractivity contribution in [1.82, 2.24) is 0 Å². The molecule has 3 heteroatoms. The minimum Gasteiger partial charge on any atom is -0.187 e. The van der Waals surface area contributed by atoms with Crippen molar-refractivity contribution in [2.24, 2.45) is 9.98 Å². The van der Waals surface area contributed by atoms with Gasteiger partial charge in [-0.25, -0.2) is 0 Å². The maximum absolute atomic E-state index is 6.12. The maximum atomic E-state index is 6.12. The quantitative estimate of drug-likeness (QED) is 0.631. The van der Waals surface area contributed by atoms with Crippen molar-refractivity contribution in [2.75, 3.05) is 0 Å². The van der Waals surface area contributed by atoms with Crippen LogP contribution in [-0.2, 0) is 0 Å². The molecule has 0 radical (unpaired) electrons. The van der Waals surface area contributed by atoms with Crippen LogP contribution in [0.3, 0.4) is 0 Å². The predicted octanol–water partition coefficient (Wildman–Crippen LogP) is 5.71. The zero-order valence-electron chi connectivity index (χ0n) is 12.2. The monoisotopic (exact) mass is 284 g/mol. The van der Waals surface area contributed by atoms with Crippen molar-refractivity contribution in [3.63, 3.8) is 0 Å². The second-order valence-electron chi connectivity index (χ2n) is 4.98. The van der Waals surface area contributed by atoms with E-state index in [2.05, 4.69) is 35.0 Å². The molecule has 2 aromatic carbocycles. The van der Waals surface area contributed by atoms with Gasteiger partial charge in [0, 0.05) is 0 Å². The van der Waals surface area contributed by atoms with Crippen molar-refractivity contribution in [2.45, 2.75) is 27.7 Å². The smallest absolute Gasteiger partial charge is 0.101 e.